The van der Waals surface area contributed by atoms with Crippen LogP contribution in [0.5, 0.6) is 0 Å². The molecule has 1 aromatic heterocycles. The molecule has 0 bridgehead atoms. The quantitative estimate of drug-likeness (QED) is 0.808. The molecule has 2 atom stereocenters. The second-order valence-electron chi connectivity index (χ2n) is 5.32. The standard InChI is InChI=1S/C12H16N2O3S2/c1-19(16,17)14-6-10-4-13(5-11(10)7-14)12(15)9-2-3-18-8-9/h2-3,8,10-11H,4-7H2,1H3/t10-,11+. The second kappa shape index (κ2) is 4.57. The van der Waals surface area contributed by atoms with Gasteiger partial charge in [-0.25, -0.2) is 12.7 Å². The summed E-state index contributed by atoms with van der Waals surface area (Å²) in [7, 11) is -3.09. The van der Waals surface area contributed by atoms with Gasteiger partial charge >= 0.3 is 0 Å². The van der Waals surface area contributed by atoms with Crippen LogP contribution < -0.4 is 0 Å². The molecule has 2 fully saturated rings. The van der Waals surface area contributed by atoms with Crippen LogP contribution in [0.2, 0.25) is 0 Å². The Hall–Kier alpha value is -0.920. The lowest BCUT2D eigenvalue weighted by Crippen LogP contribution is -2.35. The van der Waals surface area contributed by atoms with E-state index in [-0.39, 0.29) is 17.7 Å². The van der Waals surface area contributed by atoms with Crippen molar-refractivity contribution in [3.05, 3.63) is 22.4 Å². The summed E-state index contributed by atoms with van der Waals surface area (Å²) in [5.74, 6) is 0.649. The van der Waals surface area contributed by atoms with Crippen LogP contribution in [0.1, 0.15) is 10.4 Å². The number of amides is 1. The maximum Gasteiger partial charge on any atom is 0.254 e. The van der Waals surface area contributed by atoms with Gasteiger partial charge in [-0.2, -0.15) is 11.3 Å². The molecule has 0 radical (unpaired) electrons. The second-order valence-corrected chi connectivity index (χ2v) is 8.08. The van der Waals surface area contributed by atoms with Gasteiger partial charge in [-0.1, -0.05) is 0 Å². The van der Waals surface area contributed by atoms with Crippen LogP contribution in [0.3, 0.4) is 0 Å². The Balaban J connectivity index is 1.67. The summed E-state index contributed by atoms with van der Waals surface area (Å²) in [5.41, 5.74) is 0.741. The van der Waals surface area contributed by atoms with Crippen LogP contribution in [0, 0.1) is 11.8 Å². The molecule has 1 aromatic rings. The van der Waals surface area contributed by atoms with Crippen LogP contribution in [-0.2, 0) is 10.0 Å². The highest BCUT2D eigenvalue weighted by Crippen LogP contribution is 2.33. The molecule has 2 aliphatic rings. The monoisotopic (exact) mass is 300 g/mol. The Morgan fingerprint density at radius 2 is 1.89 bits per heavy atom. The Morgan fingerprint density at radius 3 is 2.37 bits per heavy atom. The zero-order valence-electron chi connectivity index (χ0n) is 10.7. The van der Waals surface area contributed by atoms with Gasteiger partial charge < -0.3 is 4.90 Å². The molecule has 2 saturated heterocycles. The Bertz CT molecular complexity index is 568. The predicted octanol–water partition coefficient (Wildman–Crippen LogP) is 0.712. The van der Waals surface area contributed by atoms with Gasteiger partial charge in [0.2, 0.25) is 10.0 Å². The van der Waals surface area contributed by atoms with Crippen molar-refractivity contribution in [1.29, 1.82) is 0 Å². The van der Waals surface area contributed by atoms with Crippen molar-refractivity contribution in [1.82, 2.24) is 9.21 Å². The Morgan fingerprint density at radius 1 is 1.26 bits per heavy atom. The van der Waals surface area contributed by atoms with Gasteiger partial charge in [-0.15, -0.1) is 0 Å². The van der Waals surface area contributed by atoms with Gasteiger partial charge in [0.25, 0.3) is 5.91 Å². The largest absolute Gasteiger partial charge is 0.338 e. The van der Waals surface area contributed by atoms with E-state index in [1.807, 2.05) is 21.7 Å². The summed E-state index contributed by atoms with van der Waals surface area (Å²) in [4.78, 5) is 14.1. The molecule has 19 heavy (non-hydrogen) atoms. The fraction of sp³-hybridized carbons (Fsp3) is 0.583. The summed E-state index contributed by atoms with van der Waals surface area (Å²) < 4.78 is 24.6. The first kappa shape index (κ1) is 13.1. The maximum absolute atomic E-state index is 12.2. The van der Waals surface area contributed by atoms with Crippen LogP contribution in [-0.4, -0.2) is 56.0 Å². The third-order valence-corrected chi connectivity index (χ3v) is 5.90. The molecule has 0 aliphatic carbocycles. The molecule has 3 heterocycles. The lowest BCUT2D eigenvalue weighted by Gasteiger charge is -2.20. The maximum atomic E-state index is 12.2. The number of likely N-dealkylation sites (tertiary alicyclic amines) is 1. The van der Waals surface area contributed by atoms with Crippen molar-refractivity contribution in [2.75, 3.05) is 32.4 Å². The number of carbonyl (C=O) groups excluding carboxylic acids is 1. The number of rotatable bonds is 2. The highest BCUT2D eigenvalue weighted by atomic mass is 32.2. The smallest absolute Gasteiger partial charge is 0.254 e. The fourth-order valence-electron chi connectivity index (χ4n) is 2.96. The van der Waals surface area contributed by atoms with Gasteiger partial charge in [-0.3, -0.25) is 4.79 Å². The summed E-state index contributed by atoms with van der Waals surface area (Å²) in [6, 6.07) is 1.84. The first-order valence-corrected chi connectivity index (χ1v) is 9.01. The van der Waals surface area contributed by atoms with Gasteiger partial charge in [0, 0.05) is 31.6 Å². The van der Waals surface area contributed by atoms with E-state index in [0.29, 0.717) is 26.2 Å². The van der Waals surface area contributed by atoms with Crippen molar-refractivity contribution < 1.29 is 13.2 Å². The lowest BCUT2D eigenvalue weighted by atomic mass is 10.0. The molecule has 104 valence electrons. The molecule has 0 spiro atoms. The van der Waals surface area contributed by atoms with E-state index < -0.39 is 10.0 Å². The third-order valence-electron chi connectivity index (χ3n) is 3.98. The normalized spacial score (nSPS) is 27.7. The molecule has 1 amide bonds. The van der Waals surface area contributed by atoms with E-state index in [2.05, 4.69) is 0 Å². The van der Waals surface area contributed by atoms with Crippen LogP contribution in [0.4, 0.5) is 0 Å². The van der Waals surface area contributed by atoms with Crippen LogP contribution in [0.15, 0.2) is 16.8 Å². The Labute approximate surface area is 116 Å². The van der Waals surface area contributed by atoms with E-state index in [1.165, 1.54) is 21.9 Å². The van der Waals surface area contributed by atoms with Gasteiger partial charge in [0.1, 0.15) is 0 Å². The van der Waals surface area contributed by atoms with Crippen molar-refractivity contribution in [2.24, 2.45) is 11.8 Å². The average molecular weight is 300 g/mol. The first-order valence-electron chi connectivity index (χ1n) is 6.22. The molecule has 0 unspecified atom stereocenters. The number of nitrogens with zero attached hydrogens (tertiary/aromatic N) is 2. The highest BCUT2D eigenvalue weighted by Gasteiger charge is 2.44. The van der Waals surface area contributed by atoms with Crippen molar-refractivity contribution in [3.63, 3.8) is 0 Å². The minimum atomic E-state index is -3.09. The zero-order chi connectivity index (χ0) is 13.6. The van der Waals surface area contributed by atoms with E-state index >= 15 is 0 Å². The van der Waals surface area contributed by atoms with Gasteiger partial charge in [-0.05, 0) is 23.3 Å². The van der Waals surface area contributed by atoms with Crippen molar-refractivity contribution >= 4 is 27.3 Å². The summed E-state index contributed by atoms with van der Waals surface area (Å²) in [6.07, 6.45) is 1.25. The molecule has 0 saturated carbocycles. The number of hydrogen-bond acceptors (Lipinski definition) is 4. The minimum Gasteiger partial charge on any atom is -0.338 e. The van der Waals surface area contributed by atoms with E-state index in [1.54, 1.807) is 0 Å². The third kappa shape index (κ3) is 2.42. The van der Waals surface area contributed by atoms with E-state index in [4.69, 9.17) is 0 Å². The molecule has 0 N–H and O–H groups in total. The molecule has 7 heteroatoms. The fourth-order valence-corrected chi connectivity index (χ4v) is 4.51. The zero-order valence-corrected chi connectivity index (χ0v) is 12.3. The van der Waals surface area contributed by atoms with E-state index in [0.717, 1.165) is 5.56 Å². The summed E-state index contributed by atoms with van der Waals surface area (Å²) in [5, 5.41) is 3.76. The predicted molar refractivity (Wildman–Crippen MR) is 73.6 cm³/mol. The summed E-state index contributed by atoms with van der Waals surface area (Å²) >= 11 is 1.52. The van der Waals surface area contributed by atoms with Gasteiger partial charge in [0.15, 0.2) is 0 Å². The van der Waals surface area contributed by atoms with Crippen LogP contribution >= 0.6 is 11.3 Å². The van der Waals surface area contributed by atoms with Crippen LogP contribution in [0.25, 0.3) is 0 Å². The minimum absolute atomic E-state index is 0.0709. The topological polar surface area (TPSA) is 57.7 Å². The molecule has 5 nitrogen and oxygen atoms in total. The van der Waals surface area contributed by atoms with Crippen molar-refractivity contribution in [3.8, 4) is 0 Å². The molecule has 2 aliphatic heterocycles. The highest BCUT2D eigenvalue weighted by molar-refractivity contribution is 7.88. The summed E-state index contributed by atoms with van der Waals surface area (Å²) in [6.45, 7) is 2.45. The first-order chi connectivity index (χ1) is 8.95. The molecule has 0 aromatic carbocycles. The number of sulfonamides is 1. The van der Waals surface area contributed by atoms with Crippen molar-refractivity contribution in [2.45, 2.75) is 0 Å². The van der Waals surface area contributed by atoms with E-state index in [9.17, 15) is 13.2 Å². The average Bonchev–Trinajstić information content (AvgIpc) is 3.02. The Kier molecular flexibility index (Phi) is 3.15. The number of fused-ring (bicyclic) bond motifs is 1. The van der Waals surface area contributed by atoms with Gasteiger partial charge in [0.05, 0.1) is 11.8 Å². The number of thiophene rings is 1. The SMILES string of the molecule is CS(=O)(=O)N1C[C@H]2CN(C(=O)c3ccsc3)C[C@H]2C1. The number of hydrogen-bond donors (Lipinski definition) is 0. The molecule has 3 rings (SSSR count). The molecular formula is C12H16N2O3S2. The molecular weight excluding hydrogens is 284 g/mol. The lowest BCUT2D eigenvalue weighted by molar-refractivity contribution is 0.0779. The number of carbonyl (C=O) groups is 1.